The summed E-state index contributed by atoms with van der Waals surface area (Å²) < 4.78 is 0. The van der Waals surface area contributed by atoms with Crippen LogP contribution in [0.1, 0.15) is 31.7 Å². The number of carbonyl (C=O) groups is 1. The number of nitrogens with one attached hydrogen (secondary N) is 1. The van der Waals surface area contributed by atoms with E-state index in [0.717, 1.165) is 39.0 Å². The Hall–Kier alpha value is -1.35. The first-order valence-corrected chi connectivity index (χ1v) is 8.28. The summed E-state index contributed by atoms with van der Waals surface area (Å²) >= 11 is 0. The van der Waals surface area contributed by atoms with Gasteiger partial charge in [-0.15, -0.1) is 0 Å². The summed E-state index contributed by atoms with van der Waals surface area (Å²) in [7, 11) is 0. The molecule has 0 radical (unpaired) electrons. The topological polar surface area (TPSA) is 32.3 Å². The Bertz CT molecular complexity index is 479. The van der Waals surface area contributed by atoms with Gasteiger partial charge in [-0.2, -0.15) is 0 Å². The Morgan fingerprint density at radius 3 is 2.67 bits per heavy atom. The Balaban J connectivity index is 1.55. The van der Waals surface area contributed by atoms with Gasteiger partial charge in [-0.3, -0.25) is 4.79 Å². The van der Waals surface area contributed by atoms with Crippen LogP contribution in [0, 0.1) is 11.3 Å². The number of hydrogen-bond acceptors (Lipinski definition) is 2. The molecule has 0 aromatic heterocycles. The van der Waals surface area contributed by atoms with Crippen LogP contribution in [0.5, 0.6) is 0 Å². The lowest BCUT2D eigenvalue weighted by molar-refractivity contribution is -0.133. The van der Waals surface area contributed by atoms with Gasteiger partial charge in [0.1, 0.15) is 0 Å². The average Bonchev–Trinajstić information content (AvgIpc) is 3.22. The number of hydrogen-bond donors (Lipinski definition) is 1. The fourth-order valence-corrected chi connectivity index (χ4v) is 3.73. The van der Waals surface area contributed by atoms with Crippen LogP contribution in [0.2, 0.25) is 0 Å². The fraction of sp³-hybridized carbons (Fsp3) is 0.611. The molecule has 1 spiro atoms. The van der Waals surface area contributed by atoms with Crippen molar-refractivity contribution in [2.75, 3.05) is 26.2 Å². The number of carbonyl (C=O) groups excluding carboxylic acids is 1. The monoisotopic (exact) mass is 286 g/mol. The predicted octanol–water partition coefficient (Wildman–Crippen LogP) is 2.47. The zero-order valence-corrected chi connectivity index (χ0v) is 13.0. The zero-order chi connectivity index (χ0) is 14.7. The van der Waals surface area contributed by atoms with E-state index in [2.05, 4.69) is 41.4 Å². The average molecular weight is 286 g/mol. The van der Waals surface area contributed by atoms with E-state index in [1.807, 2.05) is 6.07 Å². The van der Waals surface area contributed by atoms with Crippen LogP contribution < -0.4 is 5.32 Å². The number of likely N-dealkylation sites (N-methyl/N-ethyl adjacent to an activating group) is 1. The number of benzene rings is 1. The van der Waals surface area contributed by atoms with Crippen molar-refractivity contribution in [1.82, 2.24) is 10.2 Å². The SMILES string of the molecule is CCN(CCc1ccccc1)C(=O)C1CC12CCNCC2. The molecule has 1 N–H and O–H groups in total. The number of piperidine rings is 1. The molecule has 21 heavy (non-hydrogen) atoms. The smallest absolute Gasteiger partial charge is 0.226 e. The molecule has 3 heteroatoms. The van der Waals surface area contributed by atoms with Gasteiger partial charge in [0, 0.05) is 19.0 Å². The fourth-order valence-electron chi connectivity index (χ4n) is 3.73. The van der Waals surface area contributed by atoms with Crippen LogP contribution in [0.4, 0.5) is 0 Å². The van der Waals surface area contributed by atoms with Gasteiger partial charge in [0.05, 0.1) is 0 Å². The van der Waals surface area contributed by atoms with E-state index in [4.69, 9.17) is 0 Å². The first-order chi connectivity index (χ1) is 10.2. The van der Waals surface area contributed by atoms with Gasteiger partial charge in [0.25, 0.3) is 0 Å². The molecule has 1 aliphatic heterocycles. The largest absolute Gasteiger partial charge is 0.342 e. The van der Waals surface area contributed by atoms with Gasteiger partial charge in [0.15, 0.2) is 0 Å². The second kappa shape index (κ2) is 6.18. The molecule has 114 valence electrons. The number of rotatable bonds is 5. The van der Waals surface area contributed by atoms with E-state index >= 15 is 0 Å². The molecule has 2 fully saturated rings. The van der Waals surface area contributed by atoms with Crippen molar-refractivity contribution in [3.05, 3.63) is 35.9 Å². The van der Waals surface area contributed by atoms with Gasteiger partial charge >= 0.3 is 0 Å². The van der Waals surface area contributed by atoms with E-state index in [9.17, 15) is 4.79 Å². The Morgan fingerprint density at radius 1 is 1.29 bits per heavy atom. The van der Waals surface area contributed by atoms with Crippen molar-refractivity contribution in [2.45, 2.75) is 32.6 Å². The normalized spacial score (nSPS) is 23.0. The molecule has 1 amide bonds. The van der Waals surface area contributed by atoms with Crippen molar-refractivity contribution >= 4 is 5.91 Å². The molecule has 3 nitrogen and oxygen atoms in total. The third kappa shape index (κ3) is 3.13. The highest BCUT2D eigenvalue weighted by Gasteiger charge is 2.58. The highest BCUT2D eigenvalue weighted by molar-refractivity contribution is 5.82. The highest BCUT2D eigenvalue weighted by atomic mass is 16.2. The van der Waals surface area contributed by atoms with Crippen LogP contribution in [0.15, 0.2) is 30.3 Å². The molecular weight excluding hydrogens is 260 g/mol. The number of nitrogens with zero attached hydrogens (tertiary/aromatic N) is 1. The molecule has 1 aromatic carbocycles. The molecule has 3 rings (SSSR count). The maximum atomic E-state index is 12.7. The van der Waals surface area contributed by atoms with Gasteiger partial charge in [-0.25, -0.2) is 0 Å². The van der Waals surface area contributed by atoms with E-state index in [1.54, 1.807) is 0 Å². The van der Waals surface area contributed by atoms with E-state index in [0.29, 0.717) is 17.2 Å². The molecule has 1 aromatic rings. The molecule has 1 atom stereocenters. The van der Waals surface area contributed by atoms with Crippen LogP contribution >= 0.6 is 0 Å². The third-order valence-electron chi connectivity index (χ3n) is 5.29. The van der Waals surface area contributed by atoms with E-state index in [1.165, 1.54) is 18.4 Å². The summed E-state index contributed by atoms with van der Waals surface area (Å²) in [5, 5.41) is 3.40. The molecule has 2 aliphatic rings. The first kappa shape index (κ1) is 14.6. The number of amides is 1. The summed E-state index contributed by atoms with van der Waals surface area (Å²) in [4.78, 5) is 14.8. The van der Waals surface area contributed by atoms with Crippen molar-refractivity contribution in [2.24, 2.45) is 11.3 Å². The predicted molar refractivity (Wildman–Crippen MR) is 85.0 cm³/mol. The molecule has 0 bridgehead atoms. The van der Waals surface area contributed by atoms with Gasteiger partial charge in [-0.05, 0) is 56.7 Å². The van der Waals surface area contributed by atoms with Crippen molar-refractivity contribution in [3.63, 3.8) is 0 Å². The van der Waals surface area contributed by atoms with Crippen molar-refractivity contribution in [1.29, 1.82) is 0 Å². The minimum Gasteiger partial charge on any atom is -0.342 e. The molecule has 1 saturated carbocycles. The molecule has 1 heterocycles. The summed E-state index contributed by atoms with van der Waals surface area (Å²) in [5.74, 6) is 0.700. The highest BCUT2D eigenvalue weighted by Crippen LogP contribution is 2.59. The third-order valence-corrected chi connectivity index (χ3v) is 5.29. The van der Waals surface area contributed by atoms with Crippen molar-refractivity contribution in [3.8, 4) is 0 Å². The van der Waals surface area contributed by atoms with E-state index in [-0.39, 0.29) is 0 Å². The van der Waals surface area contributed by atoms with Crippen LogP contribution in [-0.4, -0.2) is 37.0 Å². The second-order valence-electron chi connectivity index (χ2n) is 6.52. The minimum atomic E-state index is 0.301. The minimum absolute atomic E-state index is 0.301. The lowest BCUT2D eigenvalue weighted by Crippen LogP contribution is -2.37. The Morgan fingerprint density at radius 2 is 2.00 bits per heavy atom. The van der Waals surface area contributed by atoms with Gasteiger partial charge in [-0.1, -0.05) is 30.3 Å². The van der Waals surface area contributed by atoms with Crippen molar-refractivity contribution < 1.29 is 4.79 Å². The van der Waals surface area contributed by atoms with Crippen LogP contribution in [0.3, 0.4) is 0 Å². The Kier molecular flexibility index (Phi) is 4.29. The van der Waals surface area contributed by atoms with Gasteiger partial charge in [0.2, 0.25) is 5.91 Å². The summed E-state index contributed by atoms with van der Waals surface area (Å²) in [6, 6.07) is 10.5. The molecular formula is C18H26N2O. The molecule has 1 aliphatic carbocycles. The Labute approximate surface area is 127 Å². The lowest BCUT2D eigenvalue weighted by atomic mass is 9.91. The summed E-state index contributed by atoms with van der Waals surface area (Å²) in [5.41, 5.74) is 1.67. The first-order valence-electron chi connectivity index (χ1n) is 8.28. The second-order valence-corrected chi connectivity index (χ2v) is 6.52. The van der Waals surface area contributed by atoms with Crippen LogP contribution in [-0.2, 0) is 11.2 Å². The maximum Gasteiger partial charge on any atom is 0.226 e. The zero-order valence-electron chi connectivity index (χ0n) is 13.0. The summed E-state index contributed by atoms with van der Waals surface area (Å²) in [6.45, 7) is 5.95. The lowest BCUT2D eigenvalue weighted by Gasteiger charge is -2.26. The van der Waals surface area contributed by atoms with E-state index < -0.39 is 0 Å². The quantitative estimate of drug-likeness (QED) is 0.902. The molecule has 1 saturated heterocycles. The van der Waals surface area contributed by atoms with Crippen LogP contribution in [0.25, 0.3) is 0 Å². The van der Waals surface area contributed by atoms with Gasteiger partial charge < -0.3 is 10.2 Å². The summed E-state index contributed by atoms with van der Waals surface area (Å²) in [6.07, 6.45) is 4.44. The maximum absolute atomic E-state index is 12.7. The standard InChI is InChI=1S/C18H26N2O/c1-2-20(13-8-15-6-4-3-5-7-15)17(21)16-14-18(16)9-11-19-12-10-18/h3-7,16,19H,2,8-14H2,1H3. The molecule has 1 unspecified atom stereocenters.